The normalized spacial score (nSPS) is 17.8. The highest BCUT2D eigenvalue weighted by atomic mass is 32.2. The second kappa shape index (κ2) is 15.2. The quantitative estimate of drug-likeness (QED) is 0.154. The van der Waals surface area contributed by atoms with Gasteiger partial charge in [0.15, 0.2) is 0 Å². The van der Waals surface area contributed by atoms with Gasteiger partial charge in [-0.25, -0.2) is 13.1 Å². The highest BCUT2D eigenvalue weighted by molar-refractivity contribution is 7.94. The number of nitrogens with one attached hydrogen (secondary N) is 2. The molecule has 1 fully saturated rings. The summed E-state index contributed by atoms with van der Waals surface area (Å²) in [6, 6.07) is 23.9. The zero-order valence-corrected chi connectivity index (χ0v) is 29.2. The van der Waals surface area contributed by atoms with Crippen molar-refractivity contribution in [2.24, 2.45) is 5.92 Å². The van der Waals surface area contributed by atoms with E-state index in [1.165, 1.54) is 11.6 Å². The van der Waals surface area contributed by atoms with Gasteiger partial charge in [0.25, 0.3) is 21.8 Å². The summed E-state index contributed by atoms with van der Waals surface area (Å²) in [5, 5.41) is 8.16. The molecule has 0 atom stereocenters. The van der Waals surface area contributed by atoms with Crippen LogP contribution in [0.4, 0.5) is 11.4 Å². The number of nitrogens with zero attached hydrogens (tertiary/aromatic N) is 3. The van der Waals surface area contributed by atoms with E-state index in [-0.39, 0.29) is 16.4 Å². The fourth-order valence-corrected chi connectivity index (χ4v) is 7.58. The molecule has 0 unspecified atom stereocenters. The Kier molecular flexibility index (Phi) is 10.6. The van der Waals surface area contributed by atoms with E-state index < -0.39 is 15.9 Å². The fourth-order valence-electron chi connectivity index (χ4n) is 6.49. The van der Waals surface area contributed by atoms with Crippen LogP contribution in [0, 0.1) is 5.92 Å². The van der Waals surface area contributed by atoms with Crippen LogP contribution in [0.5, 0.6) is 0 Å². The lowest BCUT2D eigenvalue weighted by molar-refractivity contribution is 0.0981. The number of benzene rings is 3. The van der Waals surface area contributed by atoms with E-state index in [1.54, 1.807) is 36.4 Å². The van der Waals surface area contributed by atoms with Crippen LogP contribution >= 0.6 is 0 Å². The SMILES string of the molecule is CC(C)CCN(C)c1ccc(-c2noc(-c3cccc(C(=O)NS(=O)(=O)C4=CCCC=C4)c3)n2)cc1NC1CCC(c2ccccc2)CC1. The minimum Gasteiger partial charge on any atom is -0.381 e. The largest absolute Gasteiger partial charge is 0.381 e. The van der Waals surface area contributed by atoms with Crippen molar-refractivity contribution in [3.05, 3.63) is 107 Å². The Hall–Kier alpha value is -4.70. The number of rotatable bonds is 12. The van der Waals surface area contributed by atoms with Gasteiger partial charge in [-0.15, -0.1) is 0 Å². The molecule has 1 saturated carbocycles. The molecule has 2 aliphatic carbocycles. The van der Waals surface area contributed by atoms with Gasteiger partial charge in [-0.2, -0.15) is 4.98 Å². The third kappa shape index (κ3) is 8.48. The minimum atomic E-state index is -3.97. The Bertz CT molecular complexity index is 1930. The molecule has 0 saturated heterocycles. The molecule has 1 heterocycles. The predicted octanol–water partition coefficient (Wildman–Crippen LogP) is 8.32. The van der Waals surface area contributed by atoms with E-state index >= 15 is 0 Å². The smallest absolute Gasteiger partial charge is 0.265 e. The van der Waals surface area contributed by atoms with Gasteiger partial charge in [-0.1, -0.05) is 67.6 Å². The van der Waals surface area contributed by atoms with Crippen molar-refractivity contribution in [3.63, 3.8) is 0 Å². The van der Waals surface area contributed by atoms with Crippen LogP contribution in [0.1, 0.15) is 80.6 Å². The van der Waals surface area contributed by atoms with Crippen LogP contribution in [-0.4, -0.2) is 44.1 Å². The number of hydrogen-bond donors (Lipinski definition) is 2. The minimum absolute atomic E-state index is 0.0932. The Labute approximate surface area is 289 Å². The van der Waals surface area contributed by atoms with E-state index in [0.29, 0.717) is 35.7 Å². The Morgan fingerprint density at radius 1 is 0.959 bits per heavy atom. The van der Waals surface area contributed by atoms with Crippen LogP contribution < -0.4 is 14.9 Å². The summed E-state index contributed by atoms with van der Waals surface area (Å²) in [7, 11) is -1.84. The molecule has 0 radical (unpaired) electrons. The molecule has 49 heavy (non-hydrogen) atoms. The van der Waals surface area contributed by atoms with Crippen LogP contribution in [0.15, 0.2) is 100 Å². The number of carbonyl (C=O) groups is 1. The second-order valence-electron chi connectivity index (χ2n) is 13.5. The number of allylic oxidation sites excluding steroid dienone is 3. The van der Waals surface area contributed by atoms with Crippen molar-refractivity contribution in [2.45, 2.75) is 70.8 Å². The third-order valence-electron chi connectivity index (χ3n) is 9.36. The van der Waals surface area contributed by atoms with Crippen LogP contribution in [0.2, 0.25) is 0 Å². The average Bonchev–Trinajstić information content (AvgIpc) is 3.62. The number of amides is 1. The first kappa shape index (κ1) is 34.2. The molecule has 1 amide bonds. The van der Waals surface area contributed by atoms with Crippen LogP contribution in [0.3, 0.4) is 0 Å². The van der Waals surface area contributed by atoms with Crippen LogP contribution in [0.25, 0.3) is 22.8 Å². The first-order valence-corrected chi connectivity index (χ1v) is 18.7. The number of carbonyl (C=O) groups excluding carboxylic acids is 1. The van der Waals surface area contributed by atoms with E-state index in [2.05, 4.69) is 88.4 Å². The van der Waals surface area contributed by atoms with Gasteiger partial charge in [-0.3, -0.25) is 4.79 Å². The molecule has 10 heteroatoms. The van der Waals surface area contributed by atoms with Crippen molar-refractivity contribution in [3.8, 4) is 22.8 Å². The lowest BCUT2D eigenvalue weighted by Crippen LogP contribution is -2.31. The summed E-state index contributed by atoms with van der Waals surface area (Å²) in [5.41, 5.74) is 5.09. The topological polar surface area (TPSA) is 117 Å². The zero-order chi connectivity index (χ0) is 34.4. The van der Waals surface area contributed by atoms with Crippen molar-refractivity contribution >= 4 is 27.3 Å². The van der Waals surface area contributed by atoms with Gasteiger partial charge < -0.3 is 14.7 Å². The molecule has 2 N–H and O–H groups in total. The molecular weight excluding hydrogens is 635 g/mol. The molecule has 256 valence electrons. The molecule has 0 aliphatic heterocycles. The third-order valence-corrected chi connectivity index (χ3v) is 10.7. The van der Waals surface area contributed by atoms with Gasteiger partial charge in [0.2, 0.25) is 5.82 Å². The van der Waals surface area contributed by atoms with Gasteiger partial charge in [0.1, 0.15) is 0 Å². The second-order valence-corrected chi connectivity index (χ2v) is 15.1. The maximum atomic E-state index is 13.0. The number of hydrogen-bond acceptors (Lipinski definition) is 8. The van der Waals surface area contributed by atoms with Crippen LogP contribution in [-0.2, 0) is 10.0 Å². The molecule has 2 aliphatic rings. The standard InChI is InChI=1S/C39H45N5O4S/c1-27(2)23-24-44(3)36-22-19-30(26-35(36)40-33-20-17-29(18-21-33)28-11-6-4-7-12-28)37-41-39(48-42-37)32-14-10-13-31(25-32)38(45)43-49(46,47)34-15-8-5-9-16-34/h4,6-8,10-16,19,22,25-27,29,33,40H,5,9,17-18,20-21,23-24H2,1-3H3,(H,43,45). The number of sulfonamides is 1. The Morgan fingerprint density at radius 3 is 2.49 bits per heavy atom. The van der Waals surface area contributed by atoms with E-state index in [9.17, 15) is 13.2 Å². The van der Waals surface area contributed by atoms with Gasteiger partial charge in [0, 0.05) is 36.3 Å². The average molecular weight is 680 g/mol. The lowest BCUT2D eigenvalue weighted by atomic mass is 9.81. The van der Waals surface area contributed by atoms with Gasteiger partial charge in [-0.05, 0) is 105 Å². The maximum Gasteiger partial charge on any atom is 0.265 e. The van der Waals surface area contributed by atoms with Gasteiger partial charge in [0.05, 0.1) is 16.3 Å². The summed E-state index contributed by atoms with van der Waals surface area (Å²) in [6.45, 7) is 5.43. The molecule has 0 bridgehead atoms. The first-order valence-electron chi connectivity index (χ1n) is 17.2. The zero-order valence-electron chi connectivity index (χ0n) is 28.4. The monoisotopic (exact) mass is 679 g/mol. The summed E-state index contributed by atoms with van der Waals surface area (Å²) < 4.78 is 33.3. The van der Waals surface area contributed by atoms with Crippen molar-refractivity contribution < 1.29 is 17.7 Å². The predicted molar refractivity (Wildman–Crippen MR) is 196 cm³/mol. The number of anilines is 2. The summed E-state index contributed by atoms with van der Waals surface area (Å²) in [6.07, 6.45) is 11.8. The maximum absolute atomic E-state index is 13.0. The van der Waals surface area contributed by atoms with E-state index in [0.717, 1.165) is 62.0 Å². The van der Waals surface area contributed by atoms with Crippen molar-refractivity contribution in [2.75, 3.05) is 23.8 Å². The molecule has 0 spiro atoms. The molecule has 1 aromatic heterocycles. The molecule has 6 rings (SSSR count). The summed E-state index contributed by atoms with van der Waals surface area (Å²) >= 11 is 0. The van der Waals surface area contributed by atoms with Gasteiger partial charge >= 0.3 is 0 Å². The molecule has 3 aromatic carbocycles. The highest BCUT2D eigenvalue weighted by Crippen LogP contribution is 2.37. The van der Waals surface area contributed by atoms with Crippen molar-refractivity contribution in [1.29, 1.82) is 0 Å². The number of aromatic nitrogens is 2. The highest BCUT2D eigenvalue weighted by Gasteiger charge is 2.25. The first-order chi connectivity index (χ1) is 23.7. The summed E-state index contributed by atoms with van der Waals surface area (Å²) in [4.78, 5) is 20.0. The summed E-state index contributed by atoms with van der Waals surface area (Å²) in [5.74, 6) is 1.13. The Morgan fingerprint density at radius 2 is 1.76 bits per heavy atom. The van der Waals surface area contributed by atoms with E-state index in [4.69, 9.17) is 4.52 Å². The molecular formula is C39H45N5O4S. The van der Waals surface area contributed by atoms with Crippen molar-refractivity contribution in [1.82, 2.24) is 14.9 Å². The van der Waals surface area contributed by atoms with E-state index in [1.807, 2.05) is 6.07 Å². The Balaban J connectivity index is 1.20. The molecule has 9 nitrogen and oxygen atoms in total. The fraction of sp³-hybridized carbons (Fsp3) is 0.359. The molecule has 4 aromatic rings. The lowest BCUT2D eigenvalue weighted by Gasteiger charge is -2.32.